The number of carboxylic acid groups (broad SMARTS) is 1. The minimum absolute atomic E-state index is 0.0466. The molecule has 0 radical (unpaired) electrons. The number of benzene rings is 1. The first-order chi connectivity index (χ1) is 8.90. The van der Waals surface area contributed by atoms with Crippen molar-refractivity contribution in [3.63, 3.8) is 0 Å². The lowest BCUT2D eigenvalue weighted by molar-refractivity contribution is -0.133. The van der Waals surface area contributed by atoms with Crippen molar-refractivity contribution in [2.24, 2.45) is 0 Å². The van der Waals surface area contributed by atoms with E-state index >= 15 is 0 Å². The number of rotatable bonds is 6. The van der Waals surface area contributed by atoms with E-state index in [1.54, 1.807) is 0 Å². The summed E-state index contributed by atoms with van der Waals surface area (Å²) in [6, 6.07) is 4.14. The number of nitrogens with zero attached hydrogens (tertiary/aromatic N) is 1. The molecule has 0 aliphatic heterocycles. The van der Waals surface area contributed by atoms with Crippen molar-refractivity contribution < 1.29 is 19.1 Å². The van der Waals surface area contributed by atoms with Crippen molar-refractivity contribution in [1.82, 2.24) is 4.90 Å². The van der Waals surface area contributed by atoms with Crippen LogP contribution in [0.15, 0.2) is 18.2 Å². The Balaban J connectivity index is 2.53. The maximum absolute atomic E-state index is 13.5. The molecule has 19 heavy (non-hydrogen) atoms. The summed E-state index contributed by atoms with van der Waals surface area (Å²) in [5.41, 5.74) is 0.326. The van der Waals surface area contributed by atoms with Crippen LogP contribution in [0.2, 0.25) is 5.02 Å². The van der Waals surface area contributed by atoms with Gasteiger partial charge in [0.25, 0.3) is 0 Å². The highest BCUT2D eigenvalue weighted by atomic mass is 35.5. The third-order valence-electron chi connectivity index (χ3n) is 2.29. The molecule has 104 valence electrons. The van der Waals surface area contributed by atoms with Crippen LogP contribution >= 0.6 is 23.4 Å². The molecule has 0 fully saturated rings. The smallest absolute Gasteiger partial charge is 0.313 e. The largest absolute Gasteiger partial charge is 0.481 e. The summed E-state index contributed by atoms with van der Waals surface area (Å²) in [6.45, 7) is 0.0961. The van der Waals surface area contributed by atoms with Crippen molar-refractivity contribution in [2.45, 2.75) is 6.54 Å². The van der Waals surface area contributed by atoms with Crippen molar-refractivity contribution in [3.05, 3.63) is 34.6 Å². The summed E-state index contributed by atoms with van der Waals surface area (Å²) in [4.78, 5) is 23.3. The molecule has 0 aliphatic carbocycles. The molecule has 1 aromatic rings. The van der Waals surface area contributed by atoms with Crippen LogP contribution < -0.4 is 0 Å². The fourth-order valence-corrected chi connectivity index (χ4v) is 2.21. The van der Waals surface area contributed by atoms with Gasteiger partial charge < -0.3 is 10.0 Å². The van der Waals surface area contributed by atoms with E-state index < -0.39 is 11.8 Å². The highest BCUT2D eigenvalue weighted by Gasteiger charge is 2.12. The Morgan fingerprint density at radius 1 is 1.42 bits per heavy atom. The molecule has 0 saturated heterocycles. The molecule has 0 saturated carbocycles. The van der Waals surface area contributed by atoms with E-state index in [0.29, 0.717) is 10.6 Å². The van der Waals surface area contributed by atoms with Gasteiger partial charge in [0, 0.05) is 24.2 Å². The predicted octanol–water partition coefficient (Wildman–Crippen LogP) is 2.26. The highest BCUT2D eigenvalue weighted by Crippen LogP contribution is 2.16. The first kappa shape index (κ1) is 15.8. The van der Waals surface area contributed by atoms with Gasteiger partial charge in [-0.1, -0.05) is 11.6 Å². The Labute approximate surface area is 119 Å². The van der Waals surface area contributed by atoms with Crippen LogP contribution in [0.5, 0.6) is 0 Å². The van der Waals surface area contributed by atoms with Gasteiger partial charge in [0.15, 0.2) is 0 Å². The van der Waals surface area contributed by atoms with Crippen LogP contribution in [0.4, 0.5) is 4.39 Å². The average Bonchev–Trinajstić information content (AvgIpc) is 2.33. The fourth-order valence-electron chi connectivity index (χ4n) is 1.34. The van der Waals surface area contributed by atoms with Crippen LogP contribution in [0.25, 0.3) is 0 Å². The number of thioether (sulfide) groups is 1. The first-order valence-electron chi connectivity index (χ1n) is 5.37. The van der Waals surface area contributed by atoms with E-state index in [2.05, 4.69) is 0 Å². The van der Waals surface area contributed by atoms with Crippen LogP contribution in [0.1, 0.15) is 5.56 Å². The molecule has 1 N–H and O–H groups in total. The molecule has 0 aliphatic rings. The Morgan fingerprint density at radius 2 is 2.11 bits per heavy atom. The number of hydrogen-bond donors (Lipinski definition) is 1. The van der Waals surface area contributed by atoms with Gasteiger partial charge in [-0.2, -0.15) is 0 Å². The lowest BCUT2D eigenvalue weighted by Crippen LogP contribution is -2.28. The minimum Gasteiger partial charge on any atom is -0.481 e. The van der Waals surface area contributed by atoms with Gasteiger partial charge in [-0.3, -0.25) is 9.59 Å². The molecule has 1 amide bonds. The zero-order valence-corrected chi connectivity index (χ0v) is 11.8. The molecule has 1 aromatic carbocycles. The monoisotopic (exact) mass is 305 g/mol. The van der Waals surface area contributed by atoms with Gasteiger partial charge in [-0.25, -0.2) is 4.39 Å². The SMILES string of the molecule is CN(Cc1cc(Cl)ccc1F)C(=O)CSCC(=O)O. The van der Waals surface area contributed by atoms with E-state index in [0.717, 1.165) is 11.8 Å². The lowest BCUT2D eigenvalue weighted by Gasteiger charge is -2.17. The second-order valence-electron chi connectivity index (χ2n) is 3.87. The molecule has 4 nitrogen and oxygen atoms in total. The number of carbonyl (C=O) groups excluding carboxylic acids is 1. The quantitative estimate of drug-likeness (QED) is 0.876. The number of amides is 1. The number of carboxylic acids is 1. The van der Waals surface area contributed by atoms with Crippen molar-refractivity contribution in [3.8, 4) is 0 Å². The molecule has 0 heterocycles. The second-order valence-corrected chi connectivity index (χ2v) is 5.29. The zero-order valence-electron chi connectivity index (χ0n) is 10.2. The summed E-state index contributed by atoms with van der Waals surface area (Å²) < 4.78 is 13.5. The standard InChI is InChI=1S/C12H13ClFNO3S/c1-15(11(16)6-19-7-12(17)18)5-8-4-9(13)2-3-10(8)14/h2-4H,5-7H2,1H3,(H,17,18). The minimum atomic E-state index is -0.971. The van der Waals surface area contributed by atoms with Crippen molar-refractivity contribution in [1.29, 1.82) is 0 Å². The summed E-state index contributed by atoms with van der Waals surface area (Å²) in [7, 11) is 1.53. The molecule has 0 atom stereocenters. The normalized spacial score (nSPS) is 10.3. The predicted molar refractivity (Wildman–Crippen MR) is 72.8 cm³/mol. The molecule has 1 rings (SSSR count). The number of carbonyl (C=O) groups is 2. The fraction of sp³-hybridized carbons (Fsp3) is 0.333. The molecule has 7 heteroatoms. The van der Waals surface area contributed by atoms with Gasteiger partial charge >= 0.3 is 5.97 Å². The Hall–Kier alpha value is -1.27. The van der Waals surface area contributed by atoms with Gasteiger partial charge in [0.05, 0.1) is 11.5 Å². The van der Waals surface area contributed by atoms with Crippen LogP contribution in [0, 0.1) is 5.82 Å². The second kappa shape index (κ2) is 7.35. The van der Waals surface area contributed by atoms with Gasteiger partial charge in [0.2, 0.25) is 5.91 Å². The average molecular weight is 306 g/mol. The highest BCUT2D eigenvalue weighted by molar-refractivity contribution is 8.00. The maximum Gasteiger partial charge on any atom is 0.313 e. The molecular weight excluding hydrogens is 293 g/mol. The van der Waals surface area contributed by atoms with Gasteiger partial charge in [-0.05, 0) is 18.2 Å². The van der Waals surface area contributed by atoms with Crippen molar-refractivity contribution >= 4 is 35.2 Å². The summed E-state index contributed by atoms with van der Waals surface area (Å²) in [6.07, 6.45) is 0. The lowest BCUT2D eigenvalue weighted by atomic mass is 10.2. The van der Waals surface area contributed by atoms with Crippen LogP contribution in [-0.2, 0) is 16.1 Å². The topological polar surface area (TPSA) is 57.6 Å². The Kier molecular flexibility index (Phi) is 6.11. The maximum atomic E-state index is 13.5. The zero-order chi connectivity index (χ0) is 14.4. The van der Waals surface area contributed by atoms with Crippen LogP contribution in [-0.4, -0.2) is 40.4 Å². The summed E-state index contributed by atoms with van der Waals surface area (Å²) in [5, 5.41) is 8.86. The number of hydrogen-bond acceptors (Lipinski definition) is 3. The number of halogens is 2. The third kappa shape index (κ3) is 5.48. The Bertz CT molecular complexity index is 484. The van der Waals surface area contributed by atoms with Crippen LogP contribution in [0.3, 0.4) is 0 Å². The van der Waals surface area contributed by atoms with E-state index in [-0.39, 0.29) is 24.0 Å². The summed E-state index contributed by atoms with van der Waals surface area (Å²) in [5.74, 6) is -1.75. The van der Waals surface area contributed by atoms with E-state index in [1.807, 2.05) is 0 Å². The van der Waals surface area contributed by atoms with E-state index in [1.165, 1.54) is 30.1 Å². The van der Waals surface area contributed by atoms with Gasteiger partial charge in [0.1, 0.15) is 5.82 Å². The van der Waals surface area contributed by atoms with Crippen molar-refractivity contribution in [2.75, 3.05) is 18.6 Å². The first-order valence-corrected chi connectivity index (χ1v) is 6.91. The van der Waals surface area contributed by atoms with Gasteiger partial charge in [-0.15, -0.1) is 11.8 Å². The molecule has 0 unspecified atom stereocenters. The van der Waals surface area contributed by atoms with E-state index in [9.17, 15) is 14.0 Å². The summed E-state index contributed by atoms with van der Waals surface area (Å²) >= 11 is 6.76. The number of aliphatic carboxylic acids is 1. The molecule has 0 bridgehead atoms. The Morgan fingerprint density at radius 3 is 2.74 bits per heavy atom. The molecular formula is C12H13ClFNO3S. The third-order valence-corrected chi connectivity index (χ3v) is 3.43. The van der Waals surface area contributed by atoms with E-state index in [4.69, 9.17) is 16.7 Å². The molecule has 0 spiro atoms. The molecule has 0 aromatic heterocycles.